The number of rotatable bonds is 6. The van der Waals surface area contributed by atoms with Crippen molar-refractivity contribution in [1.29, 1.82) is 0 Å². The monoisotopic (exact) mass is 320 g/mol. The van der Waals surface area contributed by atoms with Crippen molar-refractivity contribution in [1.82, 2.24) is 0 Å². The quantitative estimate of drug-likeness (QED) is 0.448. The van der Waals surface area contributed by atoms with Gasteiger partial charge in [0.25, 0.3) is 0 Å². The molecule has 1 aliphatic carbocycles. The molecule has 3 heteroatoms. The zero-order valence-electron chi connectivity index (χ0n) is 14.0. The molecule has 1 aliphatic rings. The lowest BCUT2D eigenvalue weighted by Crippen LogP contribution is -2.14. The SMILES string of the molecule is C/C=C/Oc1ccc(CCC2CCC(/C=C/C)CC2)c(F)c1F. The van der Waals surface area contributed by atoms with Gasteiger partial charge in [-0.3, -0.25) is 0 Å². The molecular weight excluding hydrogens is 294 g/mol. The van der Waals surface area contributed by atoms with Gasteiger partial charge in [-0.2, -0.15) is 4.39 Å². The van der Waals surface area contributed by atoms with Crippen LogP contribution < -0.4 is 4.74 Å². The van der Waals surface area contributed by atoms with E-state index in [1.165, 1.54) is 38.0 Å². The molecule has 1 nitrogen and oxygen atoms in total. The van der Waals surface area contributed by atoms with E-state index in [0.29, 0.717) is 23.8 Å². The Labute approximate surface area is 138 Å². The molecule has 0 spiro atoms. The second-order valence-corrected chi connectivity index (χ2v) is 6.28. The molecule has 0 unspecified atom stereocenters. The van der Waals surface area contributed by atoms with Gasteiger partial charge in [0.2, 0.25) is 5.82 Å². The highest BCUT2D eigenvalue weighted by molar-refractivity contribution is 5.31. The van der Waals surface area contributed by atoms with Crippen LogP contribution in [0.3, 0.4) is 0 Å². The molecule has 0 bridgehead atoms. The van der Waals surface area contributed by atoms with Crippen LogP contribution in [0.2, 0.25) is 0 Å². The van der Waals surface area contributed by atoms with Crippen LogP contribution in [0.25, 0.3) is 0 Å². The maximum Gasteiger partial charge on any atom is 0.201 e. The van der Waals surface area contributed by atoms with E-state index in [2.05, 4.69) is 19.1 Å². The predicted octanol–water partition coefficient (Wildman–Crippen LogP) is 6.19. The summed E-state index contributed by atoms with van der Waals surface area (Å²) in [5.41, 5.74) is 0.450. The van der Waals surface area contributed by atoms with E-state index in [-0.39, 0.29) is 5.75 Å². The number of ether oxygens (including phenoxy) is 1. The molecule has 1 aromatic rings. The van der Waals surface area contributed by atoms with E-state index >= 15 is 0 Å². The van der Waals surface area contributed by atoms with E-state index < -0.39 is 11.6 Å². The van der Waals surface area contributed by atoms with Crippen LogP contribution in [0.4, 0.5) is 8.78 Å². The number of allylic oxidation sites excluding steroid dienone is 3. The summed E-state index contributed by atoms with van der Waals surface area (Å²) in [5.74, 6) is -0.394. The Hall–Kier alpha value is -1.64. The predicted molar refractivity (Wildman–Crippen MR) is 90.4 cm³/mol. The summed E-state index contributed by atoms with van der Waals surface area (Å²) in [5, 5.41) is 0. The van der Waals surface area contributed by atoms with Crippen molar-refractivity contribution in [3.63, 3.8) is 0 Å². The molecule has 0 heterocycles. The summed E-state index contributed by atoms with van der Waals surface area (Å²) >= 11 is 0. The van der Waals surface area contributed by atoms with Gasteiger partial charge in [0.15, 0.2) is 11.6 Å². The number of hydrogen-bond acceptors (Lipinski definition) is 1. The van der Waals surface area contributed by atoms with Gasteiger partial charge in [-0.15, -0.1) is 0 Å². The number of benzene rings is 1. The summed E-state index contributed by atoms with van der Waals surface area (Å²) in [6, 6.07) is 3.15. The fraction of sp³-hybridized carbons (Fsp3) is 0.500. The Kier molecular flexibility index (Phi) is 6.82. The Morgan fingerprint density at radius 3 is 2.43 bits per heavy atom. The minimum Gasteiger partial charge on any atom is -0.462 e. The van der Waals surface area contributed by atoms with E-state index in [1.54, 1.807) is 19.1 Å². The normalized spacial score (nSPS) is 22.1. The third kappa shape index (κ3) is 4.92. The first-order valence-electron chi connectivity index (χ1n) is 8.53. The molecule has 23 heavy (non-hydrogen) atoms. The summed E-state index contributed by atoms with van der Waals surface area (Å²) in [7, 11) is 0. The van der Waals surface area contributed by atoms with Gasteiger partial charge in [-0.1, -0.05) is 24.3 Å². The van der Waals surface area contributed by atoms with Gasteiger partial charge < -0.3 is 4.74 Å². The molecule has 1 aromatic carbocycles. The first kappa shape index (κ1) is 17.7. The van der Waals surface area contributed by atoms with Crippen molar-refractivity contribution in [3.8, 4) is 5.75 Å². The zero-order valence-corrected chi connectivity index (χ0v) is 14.0. The lowest BCUT2D eigenvalue weighted by atomic mass is 9.79. The molecule has 0 radical (unpaired) electrons. The summed E-state index contributed by atoms with van der Waals surface area (Å²) in [6.45, 7) is 3.82. The first-order valence-corrected chi connectivity index (χ1v) is 8.53. The van der Waals surface area contributed by atoms with Crippen LogP contribution in [0.15, 0.2) is 36.6 Å². The molecule has 0 amide bonds. The van der Waals surface area contributed by atoms with E-state index in [1.807, 2.05) is 0 Å². The molecule has 0 aliphatic heterocycles. The number of aryl methyl sites for hydroxylation is 1. The molecule has 1 fully saturated rings. The van der Waals surface area contributed by atoms with Crippen LogP contribution in [-0.4, -0.2) is 0 Å². The Balaban J connectivity index is 1.90. The van der Waals surface area contributed by atoms with Crippen molar-refractivity contribution in [2.75, 3.05) is 0 Å². The highest BCUT2D eigenvalue weighted by atomic mass is 19.2. The largest absolute Gasteiger partial charge is 0.462 e. The fourth-order valence-corrected chi connectivity index (χ4v) is 3.30. The standard InChI is InChI=1S/C20H26F2O/c1-3-5-15-6-8-16(9-7-15)10-11-17-12-13-18(23-14-4-2)20(22)19(17)21/h3-5,12-16H,6-11H2,1-2H3/b5-3+,14-4+. The maximum atomic E-state index is 14.1. The fourth-order valence-electron chi connectivity index (χ4n) is 3.30. The van der Waals surface area contributed by atoms with Gasteiger partial charge in [-0.25, -0.2) is 4.39 Å². The van der Waals surface area contributed by atoms with Gasteiger partial charge in [0.05, 0.1) is 6.26 Å². The minimum absolute atomic E-state index is 0.0591. The Bertz CT molecular complexity index is 555. The van der Waals surface area contributed by atoms with Crippen LogP contribution >= 0.6 is 0 Å². The second kappa shape index (κ2) is 8.85. The van der Waals surface area contributed by atoms with Crippen LogP contribution in [0.1, 0.15) is 51.5 Å². The van der Waals surface area contributed by atoms with Crippen molar-refractivity contribution in [2.45, 2.75) is 52.4 Å². The third-order valence-corrected chi connectivity index (χ3v) is 4.64. The van der Waals surface area contributed by atoms with Gasteiger partial charge in [0.1, 0.15) is 0 Å². The van der Waals surface area contributed by atoms with Crippen molar-refractivity contribution in [3.05, 3.63) is 53.8 Å². The highest BCUT2D eigenvalue weighted by Gasteiger charge is 2.20. The van der Waals surface area contributed by atoms with Gasteiger partial charge in [-0.05, 0) is 75.8 Å². The average Bonchev–Trinajstić information content (AvgIpc) is 2.57. The minimum atomic E-state index is -0.891. The van der Waals surface area contributed by atoms with Crippen LogP contribution in [-0.2, 0) is 6.42 Å². The molecule has 0 N–H and O–H groups in total. The topological polar surface area (TPSA) is 9.23 Å². The summed E-state index contributed by atoms with van der Waals surface area (Å²) < 4.78 is 33.1. The van der Waals surface area contributed by atoms with E-state index in [0.717, 1.165) is 6.42 Å². The van der Waals surface area contributed by atoms with Crippen molar-refractivity contribution in [2.24, 2.45) is 11.8 Å². The Morgan fingerprint density at radius 2 is 1.78 bits per heavy atom. The molecule has 2 rings (SSSR count). The van der Waals surface area contributed by atoms with Crippen molar-refractivity contribution < 1.29 is 13.5 Å². The Morgan fingerprint density at radius 1 is 1.04 bits per heavy atom. The lowest BCUT2D eigenvalue weighted by molar-refractivity contribution is 0.294. The lowest BCUT2D eigenvalue weighted by Gasteiger charge is -2.26. The third-order valence-electron chi connectivity index (χ3n) is 4.64. The molecule has 1 saturated carbocycles. The average molecular weight is 320 g/mol. The number of hydrogen-bond donors (Lipinski definition) is 0. The van der Waals surface area contributed by atoms with E-state index in [4.69, 9.17) is 4.74 Å². The number of halogens is 2. The van der Waals surface area contributed by atoms with Crippen LogP contribution in [0, 0.1) is 23.5 Å². The molecule has 126 valence electrons. The second-order valence-electron chi connectivity index (χ2n) is 6.28. The van der Waals surface area contributed by atoms with Gasteiger partial charge >= 0.3 is 0 Å². The van der Waals surface area contributed by atoms with Gasteiger partial charge in [0, 0.05) is 0 Å². The molecule has 0 saturated heterocycles. The van der Waals surface area contributed by atoms with Crippen molar-refractivity contribution >= 4 is 0 Å². The molecular formula is C20H26F2O. The first-order chi connectivity index (χ1) is 11.2. The summed E-state index contributed by atoms with van der Waals surface area (Å²) in [6.07, 6.45) is 13.7. The molecule has 0 atom stereocenters. The smallest absolute Gasteiger partial charge is 0.201 e. The molecule has 0 aromatic heterocycles. The van der Waals surface area contributed by atoms with Crippen LogP contribution in [0.5, 0.6) is 5.75 Å². The zero-order chi connectivity index (χ0) is 16.7. The van der Waals surface area contributed by atoms with E-state index in [9.17, 15) is 8.78 Å². The maximum absolute atomic E-state index is 14.1. The summed E-state index contributed by atoms with van der Waals surface area (Å²) in [4.78, 5) is 0. The highest BCUT2D eigenvalue weighted by Crippen LogP contribution is 2.33.